The van der Waals surface area contributed by atoms with E-state index in [-0.39, 0.29) is 30.7 Å². The van der Waals surface area contributed by atoms with Crippen LogP contribution in [0.2, 0.25) is 5.02 Å². The number of halogens is 3. The minimum atomic E-state index is -0.102. The number of carbonyl (C=O) groups is 1. The number of nitrogens with one attached hydrogen (secondary N) is 2. The topological polar surface area (TPSA) is 105 Å². The molecule has 1 fully saturated rings. The van der Waals surface area contributed by atoms with Crippen molar-refractivity contribution in [2.45, 2.75) is 0 Å². The van der Waals surface area contributed by atoms with Crippen molar-refractivity contribution < 1.29 is 9.53 Å². The van der Waals surface area contributed by atoms with Gasteiger partial charge < -0.3 is 21.1 Å². The molecule has 0 spiro atoms. The summed E-state index contributed by atoms with van der Waals surface area (Å²) in [5.41, 5.74) is 8.92. The zero-order valence-electron chi connectivity index (χ0n) is 18.4. The summed E-state index contributed by atoms with van der Waals surface area (Å²) in [7, 11) is 0. The number of ether oxygens (including phenoxy) is 1. The summed E-state index contributed by atoms with van der Waals surface area (Å²) in [6.07, 6.45) is 1.64. The molecule has 8 nitrogen and oxygen atoms in total. The minimum Gasteiger partial charge on any atom is -0.383 e. The number of anilines is 3. The quantitative estimate of drug-likeness (QED) is 0.428. The third kappa shape index (κ3) is 7.19. The van der Waals surface area contributed by atoms with Gasteiger partial charge in [0, 0.05) is 59.8 Å². The second kappa shape index (κ2) is 13.3. The van der Waals surface area contributed by atoms with Crippen molar-refractivity contribution in [3.05, 3.63) is 65.3 Å². The average Bonchev–Trinajstić information content (AvgIpc) is 2.81. The number of benzene rings is 2. The maximum absolute atomic E-state index is 12.4. The molecule has 4 N–H and O–H groups in total. The number of nitrogens with zero attached hydrogens (tertiary/aromatic N) is 3. The molecule has 34 heavy (non-hydrogen) atoms. The predicted molar refractivity (Wildman–Crippen MR) is 141 cm³/mol. The van der Waals surface area contributed by atoms with Crippen molar-refractivity contribution in [2.75, 3.05) is 50.4 Å². The monoisotopic (exact) mass is 524 g/mol. The molecule has 3 aromatic rings. The second-order valence-corrected chi connectivity index (χ2v) is 7.79. The van der Waals surface area contributed by atoms with E-state index in [1.54, 1.807) is 36.5 Å². The second-order valence-electron chi connectivity index (χ2n) is 7.38. The largest absolute Gasteiger partial charge is 0.383 e. The average molecular weight is 526 g/mol. The van der Waals surface area contributed by atoms with Crippen LogP contribution in [0.4, 0.5) is 17.5 Å². The summed E-state index contributed by atoms with van der Waals surface area (Å²) in [6, 6.07) is 14.5. The lowest BCUT2D eigenvalue weighted by molar-refractivity contribution is 0.0383. The molecule has 2 heterocycles. The van der Waals surface area contributed by atoms with Crippen LogP contribution in [0.5, 0.6) is 0 Å². The van der Waals surface area contributed by atoms with Gasteiger partial charge in [0.2, 0.25) is 5.95 Å². The molecule has 0 aliphatic carbocycles. The maximum Gasteiger partial charge on any atom is 0.251 e. The van der Waals surface area contributed by atoms with Gasteiger partial charge in [-0.25, -0.2) is 4.98 Å². The Balaban J connectivity index is 0.00000204. The number of hydrogen-bond donors (Lipinski definition) is 3. The summed E-state index contributed by atoms with van der Waals surface area (Å²) in [4.78, 5) is 23.3. The molecule has 0 saturated carbocycles. The highest BCUT2D eigenvalue weighted by Crippen LogP contribution is 2.31. The van der Waals surface area contributed by atoms with E-state index < -0.39 is 0 Å². The molecular weight excluding hydrogens is 499 g/mol. The number of carbonyl (C=O) groups excluding carboxylic acids is 1. The zero-order chi connectivity index (χ0) is 22.3. The summed E-state index contributed by atoms with van der Waals surface area (Å²) >= 11 is 6.25. The molecule has 0 unspecified atom stereocenters. The molecule has 1 aliphatic rings. The highest BCUT2D eigenvalue weighted by Gasteiger charge is 2.12. The van der Waals surface area contributed by atoms with E-state index in [0.717, 1.165) is 44.1 Å². The van der Waals surface area contributed by atoms with Gasteiger partial charge in [-0.2, -0.15) is 4.98 Å². The molecule has 11 heteroatoms. The molecule has 0 radical (unpaired) electrons. The first-order valence-electron chi connectivity index (χ1n) is 10.4. The van der Waals surface area contributed by atoms with E-state index in [4.69, 9.17) is 22.1 Å². The number of morpholine rings is 1. The summed E-state index contributed by atoms with van der Waals surface area (Å²) in [5.74, 6) is 0.585. The minimum absolute atomic E-state index is 0. The number of nitrogens with two attached hydrogens (primary N) is 1. The van der Waals surface area contributed by atoms with Crippen LogP contribution in [0.1, 0.15) is 10.4 Å². The van der Waals surface area contributed by atoms with Gasteiger partial charge in [-0.3, -0.25) is 9.69 Å². The molecule has 4 rings (SSSR count). The Morgan fingerprint density at radius 3 is 2.44 bits per heavy atom. The van der Waals surface area contributed by atoms with Crippen molar-refractivity contribution in [1.29, 1.82) is 0 Å². The van der Waals surface area contributed by atoms with E-state index in [9.17, 15) is 4.79 Å². The Kier molecular flexibility index (Phi) is 10.8. The van der Waals surface area contributed by atoms with Crippen molar-refractivity contribution in [2.24, 2.45) is 0 Å². The lowest BCUT2D eigenvalue weighted by Gasteiger charge is -2.26. The van der Waals surface area contributed by atoms with Crippen LogP contribution in [-0.2, 0) is 4.74 Å². The standard InChI is InChI=1S/C23H25ClN6O2.2ClH/c24-20-4-2-1-3-18(20)19-15-27-23(29-21(19)25)28-17-7-5-16(6-8-17)22(31)26-9-10-30-11-13-32-14-12-30;;/h1-8,15H,9-14H2,(H,26,31)(H3,25,27,28,29);2*1H. The Morgan fingerprint density at radius 2 is 1.76 bits per heavy atom. The predicted octanol–water partition coefficient (Wildman–Crippen LogP) is 4.03. The van der Waals surface area contributed by atoms with Gasteiger partial charge in [0.1, 0.15) is 5.82 Å². The van der Waals surface area contributed by atoms with Gasteiger partial charge in [0.25, 0.3) is 5.91 Å². The summed E-state index contributed by atoms with van der Waals surface area (Å²) in [5, 5.41) is 6.65. The van der Waals surface area contributed by atoms with Crippen LogP contribution in [0.3, 0.4) is 0 Å². The van der Waals surface area contributed by atoms with Gasteiger partial charge in [-0.15, -0.1) is 24.8 Å². The van der Waals surface area contributed by atoms with Crippen molar-refractivity contribution in [1.82, 2.24) is 20.2 Å². The first-order chi connectivity index (χ1) is 15.6. The van der Waals surface area contributed by atoms with E-state index in [0.29, 0.717) is 34.5 Å². The van der Waals surface area contributed by atoms with E-state index in [2.05, 4.69) is 25.5 Å². The molecule has 1 aromatic heterocycles. The molecule has 1 aliphatic heterocycles. The molecule has 2 aromatic carbocycles. The van der Waals surface area contributed by atoms with Crippen LogP contribution < -0.4 is 16.4 Å². The van der Waals surface area contributed by atoms with Gasteiger partial charge in [-0.1, -0.05) is 29.8 Å². The fourth-order valence-corrected chi connectivity index (χ4v) is 3.67. The van der Waals surface area contributed by atoms with Gasteiger partial charge in [-0.05, 0) is 30.3 Å². The fraction of sp³-hybridized carbons (Fsp3) is 0.261. The number of aromatic nitrogens is 2. The third-order valence-corrected chi connectivity index (χ3v) is 5.53. The molecule has 1 saturated heterocycles. The Bertz CT molecular complexity index is 1080. The van der Waals surface area contributed by atoms with E-state index >= 15 is 0 Å². The first kappa shape index (κ1) is 27.6. The normalized spacial score (nSPS) is 13.3. The van der Waals surface area contributed by atoms with Gasteiger partial charge >= 0.3 is 0 Å². The fourth-order valence-electron chi connectivity index (χ4n) is 3.43. The number of hydrogen-bond acceptors (Lipinski definition) is 7. The first-order valence-corrected chi connectivity index (χ1v) is 10.8. The van der Waals surface area contributed by atoms with E-state index in [1.807, 2.05) is 18.2 Å². The number of rotatable bonds is 7. The molecule has 182 valence electrons. The smallest absolute Gasteiger partial charge is 0.251 e. The highest BCUT2D eigenvalue weighted by molar-refractivity contribution is 6.33. The van der Waals surface area contributed by atoms with Crippen LogP contribution in [-0.4, -0.2) is 60.2 Å². The molecular formula is C23H27Cl3N6O2. The lowest BCUT2D eigenvalue weighted by atomic mass is 10.1. The van der Waals surface area contributed by atoms with Crippen LogP contribution in [0.15, 0.2) is 54.7 Å². The maximum atomic E-state index is 12.4. The summed E-state index contributed by atoms with van der Waals surface area (Å²) in [6.45, 7) is 4.73. The SMILES string of the molecule is Cl.Cl.Nc1nc(Nc2ccc(C(=O)NCCN3CCOCC3)cc2)ncc1-c1ccccc1Cl. The third-order valence-electron chi connectivity index (χ3n) is 5.20. The van der Waals surface area contributed by atoms with Gasteiger partial charge in [0.05, 0.1) is 13.2 Å². The Labute approximate surface area is 216 Å². The molecule has 0 atom stereocenters. The summed E-state index contributed by atoms with van der Waals surface area (Å²) < 4.78 is 5.33. The van der Waals surface area contributed by atoms with E-state index in [1.165, 1.54) is 0 Å². The van der Waals surface area contributed by atoms with Gasteiger partial charge in [0.15, 0.2) is 0 Å². The zero-order valence-corrected chi connectivity index (χ0v) is 20.8. The molecule has 0 bridgehead atoms. The van der Waals surface area contributed by atoms with Crippen molar-refractivity contribution >= 4 is 59.8 Å². The number of nitrogen functional groups attached to an aromatic ring is 1. The van der Waals surface area contributed by atoms with Crippen molar-refractivity contribution in [3.63, 3.8) is 0 Å². The Morgan fingerprint density at radius 1 is 1.06 bits per heavy atom. The Hall–Kier alpha value is -2.62. The highest BCUT2D eigenvalue weighted by atomic mass is 35.5. The van der Waals surface area contributed by atoms with Crippen molar-refractivity contribution in [3.8, 4) is 11.1 Å². The number of amides is 1. The van der Waals surface area contributed by atoms with Crippen LogP contribution >= 0.6 is 36.4 Å². The lowest BCUT2D eigenvalue weighted by Crippen LogP contribution is -2.41. The van der Waals surface area contributed by atoms with Crippen LogP contribution in [0.25, 0.3) is 11.1 Å². The van der Waals surface area contributed by atoms with Crippen LogP contribution in [0, 0.1) is 0 Å². The molecule has 1 amide bonds.